The molecule has 0 unspecified atom stereocenters. The molecule has 0 aliphatic heterocycles. The second kappa shape index (κ2) is 7.27. The molecule has 0 saturated heterocycles. The van der Waals surface area contributed by atoms with E-state index in [2.05, 4.69) is 5.32 Å². The summed E-state index contributed by atoms with van der Waals surface area (Å²) in [6.07, 6.45) is 0.564. The lowest BCUT2D eigenvalue weighted by molar-refractivity contribution is -0.387. The molecule has 0 aromatic heterocycles. The van der Waals surface area contributed by atoms with Gasteiger partial charge < -0.3 is 10.4 Å². The van der Waals surface area contributed by atoms with Crippen LogP contribution in [0.15, 0.2) is 12.1 Å². The Morgan fingerprint density at radius 3 is 2.52 bits per heavy atom. The van der Waals surface area contributed by atoms with E-state index in [1.807, 2.05) is 0 Å². The van der Waals surface area contributed by atoms with Crippen molar-refractivity contribution in [2.45, 2.75) is 19.3 Å². The van der Waals surface area contributed by atoms with Crippen LogP contribution in [-0.4, -0.2) is 28.5 Å². The maximum absolute atomic E-state index is 13.7. The number of halogens is 2. The van der Waals surface area contributed by atoms with Crippen molar-refractivity contribution in [1.29, 1.82) is 0 Å². The average molecular weight is 302 g/mol. The van der Waals surface area contributed by atoms with Crippen molar-refractivity contribution in [1.82, 2.24) is 5.32 Å². The molecule has 0 spiro atoms. The third-order valence-corrected chi connectivity index (χ3v) is 2.56. The van der Waals surface area contributed by atoms with Crippen LogP contribution in [0.3, 0.4) is 0 Å². The minimum Gasteiger partial charge on any atom is -0.481 e. The maximum atomic E-state index is 13.7. The maximum Gasteiger partial charge on any atom is 0.308 e. The molecule has 1 aromatic carbocycles. The van der Waals surface area contributed by atoms with Gasteiger partial charge in [-0.2, -0.15) is 4.39 Å². The van der Waals surface area contributed by atoms with Crippen molar-refractivity contribution in [2.24, 2.45) is 0 Å². The van der Waals surface area contributed by atoms with E-state index in [1.165, 1.54) is 0 Å². The van der Waals surface area contributed by atoms with Gasteiger partial charge in [0, 0.05) is 13.0 Å². The molecule has 1 rings (SSSR count). The predicted molar refractivity (Wildman–Crippen MR) is 66.8 cm³/mol. The lowest BCUT2D eigenvalue weighted by atomic mass is 10.1. The quantitative estimate of drug-likeness (QED) is 0.454. The molecular weight excluding hydrogens is 290 g/mol. The molecule has 9 heteroatoms. The minimum absolute atomic E-state index is 0.0515. The smallest absolute Gasteiger partial charge is 0.308 e. The molecule has 0 atom stereocenters. The minimum atomic E-state index is -1.41. The van der Waals surface area contributed by atoms with E-state index in [-0.39, 0.29) is 13.0 Å². The number of carboxylic acid groups (broad SMARTS) is 1. The molecule has 0 fully saturated rings. The number of hydrogen-bond donors (Lipinski definition) is 2. The van der Waals surface area contributed by atoms with Gasteiger partial charge in [0.05, 0.1) is 16.6 Å². The van der Waals surface area contributed by atoms with Crippen molar-refractivity contribution in [3.63, 3.8) is 0 Å². The third kappa shape index (κ3) is 4.79. The van der Waals surface area contributed by atoms with Crippen molar-refractivity contribution in [2.75, 3.05) is 6.54 Å². The van der Waals surface area contributed by atoms with Crippen molar-refractivity contribution in [3.8, 4) is 0 Å². The number of rotatable bonds is 7. The summed E-state index contributed by atoms with van der Waals surface area (Å²) in [5, 5.41) is 21.2. The van der Waals surface area contributed by atoms with Gasteiger partial charge in [0.25, 0.3) is 5.91 Å². The Morgan fingerprint density at radius 2 is 1.95 bits per heavy atom. The van der Waals surface area contributed by atoms with Crippen LogP contribution < -0.4 is 5.32 Å². The first-order valence-corrected chi connectivity index (χ1v) is 5.96. The second-order valence-corrected chi connectivity index (χ2v) is 4.15. The Balaban J connectivity index is 2.70. The fourth-order valence-corrected chi connectivity index (χ4v) is 1.57. The first kappa shape index (κ1) is 16.5. The number of nitrogens with one attached hydrogen (secondary N) is 1. The van der Waals surface area contributed by atoms with Crippen molar-refractivity contribution < 1.29 is 28.4 Å². The molecule has 1 aromatic rings. The number of hydrogen-bond acceptors (Lipinski definition) is 4. The van der Waals surface area contributed by atoms with Gasteiger partial charge in [-0.15, -0.1) is 0 Å². The van der Waals surface area contributed by atoms with Gasteiger partial charge >= 0.3 is 11.7 Å². The van der Waals surface area contributed by atoms with Gasteiger partial charge in [-0.1, -0.05) is 0 Å². The zero-order chi connectivity index (χ0) is 16.0. The van der Waals surface area contributed by atoms with E-state index >= 15 is 0 Å². The highest BCUT2D eigenvalue weighted by atomic mass is 19.1. The number of benzene rings is 1. The van der Waals surface area contributed by atoms with Gasteiger partial charge in [-0.05, 0) is 18.9 Å². The molecule has 7 nitrogen and oxygen atoms in total. The van der Waals surface area contributed by atoms with E-state index in [0.29, 0.717) is 25.0 Å². The topological polar surface area (TPSA) is 110 Å². The van der Waals surface area contributed by atoms with Gasteiger partial charge in [0.15, 0.2) is 0 Å². The number of amides is 1. The highest BCUT2D eigenvalue weighted by Crippen LogP contribution is 2.22. The van der Waals surface area contributed by atoms with Crippen LogP contribution >= 0.6 is 0 Å². The van der Waals surface area contributed by atoms with Crippen LogP contribution in [0.4, 0.5) is 14.5 Å². The Labute approximate surface area is 117 Å². The molecule has 0 aliphatic rings. The second-order valence-electron chi connectivity index (χ2n) is 4.15. The number of nitro benzene ring substituents is 1. The Bertz CT molecular complexity index is 577. The average Bonchev–Trinajstić information content (AvgIpc) is 2.39. The fraction of sp³-hybridized carbons (Fsp3) is 0.333. The Kier molecular flexibility index (Phi) is 5.70. The first-order chi connectivity index (χ1) is 9.82. The summed E-state index contributed by atoms with van der Waals surface area (Å²) < 4.78 is 26.8. The van der Waals surface area contributed by atoms with E-state index < -0.39 is 39.7 Å². The lowest BCUT2D eigenvalue weighted by Crippen LogP contribution is -2.26. The Hall–Kier alpha value is -2.58. The van der Waals surface area contributed by atoms with Gasteiger partial charge in [0.2, 0.25) is 5.82 Å². The molecule has 0 saturated carbocycles. The molecule has 0 bridgehead atoms. The third-order valence-electron chi connectivity index (χ3n) is 2.56. The molecular formula is C12H12F2N2O5. The number of carboxylic acids is 1. The van der Waals surface area contributed by atoms with Gasteiger partial charge in [-0.3, -0.25) is 19.7 Å². The largest absolute Gasteiger partial charge is 0.481 e. The van der Waals surface area contributed by atoms with Crippen LogP contribution in [0.25, 0.3) is 0 Å². The monoisotopic (exact) mass is 302 g/mol. The predicted octanol–water partition coefficient (Wildman–Crippen LogP) is 1.86. The number of aliphatic carboxylic acids is 1. The molecule has 0 aliphatic carbocycles. The molecule has 1 amide bonds. The molecule has 0 heterocycles. The number of carbonyl (C=O) groups excluding carboxylic acids is 1. The number of nitro groups is 1. The summed E-state index contributed by atoms with van der Waals surface area (Å²) in [4.78, 5) is 31.3. The van der Waals surface area contributed by atoms with Crippen LogP contribution in [0.5, 0.6) is 0 Å². The van der Waals surface area contributed by atoms with Crippen LogP contribution in [0.1, 0.15) is 29.6 Å². The van der Waals surface area contributed by atoms with Crippen molar-refractivity contribution >= 4 is 17.6 Å². The zero-order valence-electron chi connectivity index (χ0n) is 10.8. The van der Waals surface area contributed by atoms with Crippen molar-refractivity contribution in [3.05, 3.63) is 39.4 Å². The molecule has 2 N–H and O–H groups in total. The van der Waals surface area contributed by atoms with Gasteiger partial charge in [0.1, 0.15) is 5.82 Å². The molecule has 0 radical (unpaired) electrons. The molecule has 114 valence electrons. The highest BCUT2D eigenvalue weighted by molar-refractivity contribution is 5.95. The Morgan fingerprint density at radius 1 is 1.29 bits per heavy atom. The van der Waals surface area contributed by atoms with Crippen LogP contribution in [-0.2, 0) is 4.79 Å². The summed E-state index contributed by atoms with van der Waals surface area (Å²) in [6.45, 7) is 0.0515. The number of carbonyl (C=O) groups is 2. The first-order valence-electron chi connectivity index (χ1n) is 5.96. The zero-order valence-corrected chi connectivity index (χ0v) is 10.8. The van der Waals surface area contributed by atoms with E-state index in [0.717, 1.165) is 0 Å². The summed E-state index contributed by atoms with van der Waals surface area (Å²) in [7, 11) is 0. The van der Waals surface area contributed by atoms with Crippen LogP contribution in [0.2, 0.25) is 0 Å². The summed E-state index contributed by atoms with van der Waals surface area (Å²) in [6, 6.07) is 0.952. The lowest BCUT2D eigenvalue weighted by Gasteiger charge is -2.06. The summed E-state index contributed by atoms with van der Waals surface area (Å²) >= 11 is 0. The molecule has 21 heavy (non-hydrogen) atoms. The standard InChI is InChI=1S/C12H12F2N2O5/c13-7-5-8(11(14)9(6-7)16(20)21)12(19)15-4-2-1-3-10(17)18/h5-6H,1-4H2,(H,15,19)(H,17,18). The van der Waals surface area contributed by atoms with E-state index in [1.54, 1.807) is 0 Å². The number of nitrogens with zero attached hydrogens (tertiary/aromatic N) is 1. The number of unbranched alkanes of at least 4 members (excludes halogenated alkanes) is 1. The summed E-state index contributed by atoms with van der Waals surface area (Å²) in [5.74, 6) is -4.48. The highest BCUT2D eigenvalue weighted by Gasteiger charge is 2.23. The SMILES string of the molecule is O=C(O)CCCCNC(=O)c1cc(F)cc([N+](=O)[O-])c1F. The van der Waals surface area contributed by atoms with E-state index in [4.69, 9.17) is 5.11 Å². The summed E-state index contributed by atoms with van der Waals surface area (Å²) in [5.41, 5.74) is -1.88. The fourth-order valence-electron chi connectivity index (χ4n) is 1.57. The van der Waals surface area contributed by atoms with Crippen LogP contribution in [0, 0.1) is 21.7 Å². The van der Waals surface area contributed by atoms with Gasteiger partial charge in [-0.25, -0.2) is 4.39 Å². The normalized spacial score (nSPS) is 10.2. The van der Waals surface area contributed by atoms with E-state index in [9.17, 15) is 28.5 Å².